The Morgan fingerprint density at radius 1 is 0.875 bits per heavy atom. The van der Waals surface area contributed by atoms with Gasteiger partial charge in [0, 0.05) is 16.5 Å². The summed E-state index contributed by atoms with van der Waals surface area (Å²) in [4.78, 5) is 10.5. The standard InChI is InChI=1S/C19H18N2OS2/c1-13-4-10-16(11-5-13)24-18-12-17(23-3)20-19(21-18)14-6-8-15(22-2)9-7-14/h4-12H,1-3H3. The third-order valence-corrected chi connectivity index (χ3v) is 5.03. The molecule has 24 heavy (non-hydrogen) atoms. The lowest BCUT2D eigenvalue weighted by atomic mass is 10.2. The number of nitrogens with zero attached hydrogens (tertiary/aromatic N) is 2. The molecule has 0 bridgehead atoms. The van der Waals surface area contributed by atoms with Crippen molar-refractivity contribution in [2.45, 2.75) is 21.9 Å². The number of benzene rings is 2. The Morgan fingerprint density at radius 3 is 2.17 bits per heavy atom. The van der Waals surface area contributed by atoms with Crippen LogP contribution >= 0.6 is 23.5 Å². The SMILES string of the molecule is COc1ccc(-c2nc(SC)cc(Sc3ccc(C)cc3)n2)cc1. The van der Waals surface area contributed by atoms with Gasteiger partial charge in [0.1, 0.15) is 15.8 Å². The summed E-state index contributed by atoms with van der Waals surface area (Å²) in [5.74, 6) is 1.56. The first kappa shape index (κ1) is 16.9. The largest absolute Gasteiger partial charge is 0.497 e. The number of hydrogen-bond acceptors (Lipinski definition) is 5. The molecule has 0 radical (unpaired) electrons. The van der Waals surface area contributed by atoms with E-state index in [1.165, 1.54) is 10.5 Å². The van der Waals surface area contributed by atoms with Crippen LogP contribution in [-0.2, 0) is 0 Å². The summed E-state index contributed by atoms with van der Waals surface area (Å²) in [6, 6.07) is 18.3. The highest BCUT2D eigenvalue weighted by Gasteiger charge is 2.08. The zero-order valence-corrected chi connectivity index (χ0v) is 15.4. The van der Waals surface area contributed by atoms with Crippen molar-refractivity contribution in [3.05, 3.63) is 60.2 Å². The molecular weight excluding hydrogens is 336 g/mol. The number of aryl methyl sites for hydroxylation is 1. The summed E-state index contributed by atoms with van der Waals surface area (Å²) < 4.78 is 5.21. The molecule has 0 unspecified atom stereocenters. The number of hydrogen-bond donors (Lipinski definition) is 0. The lowest BCUT2D eigenvalue weighted by molar-refractivity contribution is 0.415. The van der Waals surface area contributed by atoms with Crippen LogP contribution in [0.2, 0.25) is 0 Å². The number of aromatic nitrogens is 2. The Balaban J connectivity index is 1.93. The molecule has 1 heterocycles. The van der Waals surface area contributed by atoms with Gasteiger partial charge in [0.05, 0.1) is 7.11 Å². The first-order valence-electron chi connectivity index (χ1n) is 7.50. The van der Waals surface area contributed by atoms with E-state index in [1.54, 1.807) is 30.6 Å². The van der Waals surface area contributed by atoms with Crippen LogP contribution in [-0.4, -0.2) is 23.3 Å². The molecule has 0 atom stereocenters. The average molecular weight is 355 g/mol. The molecule has 3 nitrogen and oxygen atoms in total. The molecule has 0 saturated heterocycles. The fraction of sp³-hybridized carbons (Fsp3) is 0.158. The maximum Gasteiger partial charge on any atom is 0.161 e. The van der Waals surface area contributed by atoms with E-state index in [1.807, 2.05) is 36.6 Å². The molecule has 5 heteroatoms. The van der Waals surface area contributed by atoms with Gasteiger partial charge in [-0.1, -0.05) is 29.5 Å². The zero-order valence-electron chi connectivity index (χ0n) is 13.8. The topological polar surface area (TPSA) is 35.0 Å². The van der Waals surface area contributed by atoms with Gasteiger partial charge in [0.25, 0.3) is 0 Å². The van der Waals surface area contributed by atoms with E-state index >= 15 is 0 Å². The first-order chi connectivity index (χ1) is 11.7. The maximum atomic E-state index is 5.21. The van der Waals surface area contributed by atoms with Gasteiger partial charge in [-0.15, -0.1) is 11.8 Å². The zero-order chi connectivity index (χ0) is 16.9. The maximum absolute atomic E-state index is 5.21. The van der Waals surface area contributed by atoms with Gasteiger partial charge in [-0.05, 0) is 49.6 Å². The molecule has 0 N–H and O–H groups in total. The van der Waals surface area contributed by atoms with E-state index in [4.69, 9.17) is 9.72 Å². The summed E-state index contributed by atoms with van der Waals surface area (Å²) in [6.45, 7) is 2.09. The van der Waals surface area contributed by atoms with Crippen LogP contribution in [0.1, 0.15) is 5.56 Å². The fourth-order valence-corrected chi connectivity index (χ4v) is 3.46. The highest BCUT2D eigenvalue weighted by molar-refractivity contribution is 7.99. The normalized spacial score (nSPS) is 10.6. The van der Waals surface area contributed by atoms with E-state index in [9.17, 15) is 0 Å². The molecule has 0 saturated carbocycles. The lowest BCUT2D eigenvalue weighted by Gasteiger charge is -2.08. The van der Waals surface area contributed by atoms with Crippen LogP contribution < -0.4 is 4.74 Å². The van der Waals surface area contributed by atoms with E-state index < -0.39 is 0 Å². The van der Waals surface area contributed by atoms with Crippen LogP contribution in [0.5, 0.6) is 5.75 Å². The summed E-state index contributed by atoms with van der Waals surface area (Å²) in [5, 5.41) is 1.91. The lowest BCUT2D eigenvalue weighted by Crippen LogP contribution is -1.93. The highest BCUT2D eigenvalue weighted by atomic mass is 32.2. The average Bonchev–Trinajstić information content (AvgIpc) is 2.63. The molecule has 2 aromatic carbocycles. The van der Waals surface area contributed by atoms with Gasteiger partial charge >= 0.3 is 0 Å². The molecule has 122 valence electrons. The smallest absolute Gasteiger partial charge is 0.161 e. The van der Waals surface area contributed by atoms with Crippen molar-refractivity contribution >= 4 is 23.5 Å². The third kappa shape index (κ3) is 4.10. The second-order valence-electron chi connectivity index (χ2n) is 5.22. The quantitative estimate of drug-likeness (QED) is 0.457. The second kappa shape index (κ2) is 7.73. The van der Waals surface area contributed by atoms with E-state index in [-0.39, 0.29) is 0 Å². The van der Waals surface area contributed by atoms with Crippen molar-refractivity contribution < 1.29 is 4.74 Å². The van der Waals surface area contributed by atoms with Crippen molar-refractivity contribution in [3.8, 4) is 17.1 Å². The van der Waals surface area contributed by atoms with Gasteiger partial charge in [0.15, 0.2) is 5.82 Å². The molecular formula is C19H18N2OS2. The van der Waals surface area contributed by atoms with Gasteiger partial charge in [-0.2, -0.15) is 0 Å². The Morgan fingerprint density at radius 2 is 1.54 bits per heavy atom. The highest BCUT2D eigenvalue weighted by Crippen LogP contribution is 2.30. The molecule has 0 fully saturated rings. The minimum atomic E-state index is 0.735. The van der Waals surface area contributed by atoms with Crippen LogP contribution in [0, 0.1) is 6.92 Å². The predicted molar refractivity (Wildman–Crippen MR) is 101 cm³/mol. The van der Waals surface area contributed by atoms with Crippen LogP contribution in [0.25, 0.3) is 11.4 Å². The monoisotopic (exact) mass is 354 g/mol. The molecule has 0 spiro atoms. The van der Waals surface area contributed by atoms with Crippen LogP contribution in [0.15, 0.2) is 69.5 Å². The van der Waals surface area contributed by atoms with Crippen LogP contribution in [0.3, 0.4) is 0 Å². The molecule has 3 rings (SSSR count). The van der Waals surface area contributed by atoms with Crippen molar-refractivity contribution in [2.24, 2.45) is 0 Å². The summed E-state index contributed by atoms with van der Waals surface area (Å²) in [6.07, 6.45) is 2.03. The fourth-order valence-electron chi connectivity index (χ4n) is 2.16. The van der Waals surface area contributed by atoms with Gasteiger partial charge < -0.3 is 4.74 Å². The molecule has 0 aliphatic heterocycles. The number of methoxy groups -OCH3 is 1. The Hall–Kier alpha value is -1.98. The molecule has 0 amide bonds. The van der Waals surface area contributed by atoms with Gasteiger partial charge in [0.2, 0.25) is 0 Å². The number of thioether (sulfide) groups is 1. The van der Waals surface area contributed by atoms with Crippen molar-refractivity contribution in [2.75, 3.05) is 13.4 Å². The first-order valence-corrected chi connectivity index (χ1v) is 9.54. The minimum absolute atomic E-state index is 0.735. The number of ether oxygens (including phenoxy) is 1. The molecule has 0 aliphatic carbocycles. The summed E-state index contributed by atoms with van der Waals surface area (Å²) in [7, 11) is 1.66. The van der Waals surface area contributed by atoms with Gasteiger partial charge in [-0.25, -0.2) is 9.97 Å². The second-order valence-corrected chi connectivity index (χ2v) is 7.14. The molecule has 3 aromatic rings. The predicted octanol–water partition coefficient (Wildman–Crippen LogP) is 5.33. The Kier molecular flexibility index (Phi) is 5.43. The summed E-state index contributed by atoms with van der Waals surface area (Å²) >= 11 is 3.28. The Labute approximate surface area is 150 Å². The third-order valence-electron chi connectivity index (χ3n) is 3.48. The van der Waals surface area contributed by atoms with E-state index in [0.29, 0.717) is 0 Å². The Bertz CT molecular complexity index is 818. The molecule has 0 aliphatic rings. The van der Waals surface area contributed by atoms with Crippen molar-refractivity contribution in [1.82, 2.24) is 9.97 Å². The molecule has 1 aromatic heterocycles. The van der Waals surface area contributed by atoms with Gasteiger partial charge in [-0.3, -0.25) is 0 Å². The van der Waals surface area contributed by atoms with Crippen molar-refractivity contribution in [1.29, 1.82) is 0 Å². The summed E-state index contributed by atoms with van der Waals surface area (Å²) in [5.41, 5.74) is 2.24. The number of rotatable bonds is 5. The van der Waals surface area contributed by atoms with E-state index in [0.717, 1.165) is 27.2 Å². The van der Waals surface area contributed by atoms with E-state index in [2.05, 4.69) is 36.2 Å². The van der Waals surface area contributed by atoms with Crippen molar-refractivity contribution in [3.63, 3.8) is 0 Å². The van der Waals surface area contributed by atoms with Crippen LogP contribution in [0.4, 0.5) is 0 Å². The minimum Gasteiger partial charge on any atom is -0.497 e.